The fourth-order valence-electron chi connectivity index (χ4n) is 0.892. The number of likely N-dealkylation sites (N-methyl/N-ethyl adjacent to an activating group) is 1. The number of rotatable bonds is 5. The van der Waals surface area contributed by atoms with Crippen molar-refractivity contribution in [2.24, 2.45) is 0 Å². The maximum Gasteiger partial charge on any atom is 1.00 e. The van der Waals surface area contributed by atoms with Crippen LogP contribution in [0.2, 0.25) is 0 Å². The second-order valence-corrected chi connectivity index (χ2v) is 4.26. The first-order valence-corrected chi connectivity index (χ1v) is 4.70. The molecule has 0 fully saturated rings. The van der Waals surface area contributed by atoms with Gasteiger partial charge in [-0.25, -0.2) is 0 Å². The molecule has 0 aliphatic carbocycles. The van der Waals surface area contributed by atoms with Gasteiger partial charge in [0.1, 0.15) is 0 Å². The van der Waals surface area contributed by atoms with Crippen LogP contribution in [0.1, 0.15) is 27.2 Å². The minimum Gasteiger partial charge on any atom is -0.445 e. The second kappa shape index (κ2) is 6.81. The summed E-state index contributed by atoms with van der Waals surface area (Å²) in [6.45, 7) is 3.87. The van der Waals surface area contributed by atoms with Gasteiger partial charge in [-0.2, -0.15) is 0 Å². The summed E-state index contributed by atoms with van der Waals surface area (Å²) < 4.78 is 36.7. The predicted octanol–water partition coefficient (Wildman–Crippen LogP) is 0.0536. The van der Waals surface area contributed by atoms with Gasteiger partial charge in [0, 0.05) is 5.54 Å². The SMILES string of the molecule is C=C(CN(C)C(C)(C)CC)[B-](F)(F)F.[K+]. The van der Waals surface area contributed by atoms with Crippen molar-refractivity contribution in [2.75, 3.05) is 13.6 Å². The molecule has 0 saturated heterocycles. The van der Waals surface area contributed by atoms with Crippen LogP contribution in [0.5, 0.6) is 0 Å². The van der Waals surface area contributed by atoms with Crippen LogP contribution < -0.4 is 51.4 Å². The first-order chi connectivity index (χ1) is 6.11. The molecule has 0 aliphatic heterocycles. The van der Waals surface area contributed by atoms with E-state index in [0.717, 1.165) is 6.42 Å². The summed E-state index contributed by atoms with van der Waals surface area (Å²) in [6.07, 6.45) is 0.807. The Morgan fingerprint density at radius 1 is 1.33 bits per heavy atom. The van der Waals surface area contributed by atoms with E-state index in [-0.39, 0.29) is 63.5 Å². The molecule has 0 aromatic heterocycles. The summed E-state index contributed by atoms with van der Waals surface area (Å²) >= 11 is 0. The largest absolute Gasteiger partial charge is 1.00 e. The number of halogens is 3. The van der Waals surface area contributed by atoms with Gasteiger partial charge in [-0.05, 0) is 33.9 Å². The molecule has 0 rings (SSSR count). The smallest absolute Gasteiger partial charge is 0.445 e. The van der Waals surface area contributed by atoms with Crippen LogP contribution in [-0.4, -0.2) is 31.0 Å². The minimum absolute atomic E-state index is 0. The Kier molecular flexibility index (Phi) is 8.43. The Labute approximate surface area is 133 Å². The molecule has 0 N–H and O–H groups in total. The third kappa shape index (κ3) is 6.48. The Morgan fingerprint density at radius 3 is 2.00 bits per heavy atom. The molecule has 0 radical (unpaired) electrons. The predicted molar refractivity (Wildman–Crippen MR) is 55.2 cm³/mol. The molecule has 0 saturated carbocycles. The quantitative estimate of drug-likeness (QED) is 0.621. The van der Waals surface area contributed by atoms with Crippen LogP contribution in [0.4, 0.5) is 12.9 Å². The molecule has 0 amide bonds. The summed E-state index contributed by atoms with van der Waals surface area (Å²) in [7, 11) is 1.69. The molecule has 0 unspecified atom stereocenters. The van der Waals surface area contributed by atoms with E-state index in [9.17, 15) is 12.9 Å². The van der Waals surface area contributed by atoms with Crippen LogP contribution in [0.25, 0.3) is 0 Å². The van der Waals surface area contributed by atoms with E-state index in [1.54, 1.807) is 11.9 Å². The van der Waals surface area contributed by atoms with Crippen molar-refractivity contribution < 1.29 is 64.3 Å². The number of hydrogen-bond donors (Lipinski definition) is 0. The molecule has 1 nitrogen and oxygen atoms in total. The van der Waals surface area contributed by atoms with E-state index in [0.29, 0.717) is 0 Å². The van der Waals surface area contributed by atoms with Gasteiger partial charge in [0.15, 0.2) is 0 Å². The van der Waals surface area contributed by atoms with Crippen molar-refractivity contribution in [1.29, 1.82) is 0 Å². The second-order valence-electron chi connectivity index (χ2n) is 4.26. The third-order valence-electron chi connectivity index (χ3n) is 2.80. The van der Waals surface area contributed by atoms with Gasteiger partial charge in [-0.15, -0.1) is 12.1 Å². The minimum atomic E-state index is -4.90. The monoisotopic (exact) mass is 247 g/mol. The average Bonchev–Trinajstić information content (AvgIpc) is 2.02. The van der Waals surface area contributed by atoms with Crippen LogP contribution >= 0.6 is 0 Å². The molecule has 0 atom stereocenters. The first kappa shape index (κ1) is 18.6. The van der Waals surface area contributed by atoms with Gasteiger partial charge in [-0.3, -0.25) is 0 Å². The van der Waals surface area contributed by atoms with Crippen LogP contribution in [0.3, 0.4) is 0 Å². The summed E-state index contributed by atoms with van der Waals surface area (Å²) in [4.78, 5) is 1.69. The zero-order valence-electron chi connectivity index (χ0n) is 10.3. The summed E-state index contributed by atoms with van der Waals surface area (Å²) in [5.41, 5.74) is -0.849. The van der Waals surface area contributed by atoms with Crippen molar-refractivity contribution in [3.05, 3.63) is 12.1 Å². The molecule has 0 aliphatic rings. The van der Waals surface area contributed by atoms with Crippen molar-refractivity contribution in [3.8, 4) is 0 Å². The molecular weight excluding hydrogens is 229 g/mol. The standard InChI is InChI=1S/C9H18BF3N.K/c1-6-9(3,4)14(5)7-8(2)10(11,12)13;/h2,6-7H2,1,3-5H3;/q-1;+1. The van der Waals surface area contributed by atoms with E-state index in [1.165, 1.54) is 0 Å². The Morgan fingerprint density at radius 2 is 1.73 bits per heavy atom. The Hall–Kier alpha value is 1.19. The molecule has 84 valence electrons. The van der Waals surface area contributed by atoms with Crippen molar-refractivity contribution >= 4 is 6.98 Å². The Bertz CT molecular complexity index is 216. The molecule has 15 heavy (non-hydrogen) atoms. The molecule has 0 heterocycles. The summed E-state index contributed by atoms with van der Waals surface area (Å²) in [5.74, 6) is 0. The average molecular weight is 247 g/mol. The van der Waals surface area contributed by atoms with Crippen LogP contribution in [0, 0.1) is 0 Å². The zero-order valence-corrected chi connectivity index (χ0v) is 13.4. The van der Waals surface area contributed by atoms with Gasteiger partial charge in [0.05, 0.1) is 0 Å². The van der Waals surface area contributed by atoms with Gasteiger partial charge in [0.2, 0.25) is 0 Å². The zero-order chi connectivity index (χ0) is 11.6. The van der Waals surface area contributed by atoms with E-state index in [2.05, 4.69) is 6.58 Å². The fourth-order valence-corrected chi connectivity index (χ4v) is 0.892. The van der Waals surface area contributed by atoms with E-state index in [1.807, 2.05) is 20.8 Å². The topological polar surface area (TPSA) is 3.24 Å². The first-order valence-electron chi connectivity index (χ1n) is 4.70. The summed E-state index contributed by atoms with van der Waals surface area (Å²) in [6, 6.07) is 0. The third-order valence-corrected chi connectivity index (χ3v) is 2.80. The summed E-state index contributed by atoms with van der Waals surface area (Å²) in [5, 5.41) is 0. The maximum absolute atomic E-state index is 12.2. The van der Waals surface area contributed by atoms with Gasteiger partial charge in [0.25, 0.3) is 0 Å². The molecule has 0 bridgehead atoms. The fraction of sp³-hybridized carbons (Fsp3) is 0.778. The molecule has 0 spiro atoms. The van der Waals surface area contributed by atoms with Crippen molar-refractivity contribution in [3.63, 3.8) is 0 Å². The normalized spacial score (nSPS) is 12.5. The van der Waals surface area contributed by atoms with Crippen molar-refractivity contribution in [1.82, 2.24) is 4.90 Å². The number of hydrogen-bond acceptors (Lipinski definition) is 1. The van der Waals surface area contributed by atoms with E-state index < -0.39 is 12.4 Å². The molecule has 0 aromatic carbocycles. The van der Waals surface area contributed by atoms with E-state index in [4.69, 9.17) is 0 Å². The molecule has 0 aromatic rings. The van der Waals surface area contributed by atoms with Crippen molar-refractivity contribution in [2.45, 2.75) is 32.7 Å². The van der Waals surface area contributed by atoms with Crippen LogP contribution in [-0.2, 0) is 0 Å². The molecule has 6 heteroatoms. The van der Waals surface area contributed by atoms with Gasteiger partial charge in [-0.1, -0.05) is 6.92 Å². The maximum atomic E-state index is 12.2. The number of nitrogens with zero attached hydrogens (tertiary/aromatic N) is 1. The Balaban J connectivity index is 0. The van der Waals surface area contributed by atoms with Gasteiger partial charge < -0.3 is 17.8 Å². The van der Waals surface area contributed by atoms with Gasteiger partial charge >= 0.3 is 58.4 Å². The van der Waals surface area contributed by atoms with Crippen LogP contribution in [0.15, 0.2) is 12.1 Å². The molecular formula is C9H18BF3KN. The van der Waals surface area contributed by atoms with E-state index >= 15 is 0 Å².